The van der Waals surface area contributed by atoms with E-state index in [1.165, 1.54) is 30.6 Å². The van der Waals surface area contributed by atoms with Gasteiger partial charge in [0, 0.05) is 0 Å². The van der Waals surface area contributed by atoms with E-state index in [0.29, 0.717) is 0 Å². The Morgan fingerprint density at radius 2 is 1.87 bits per heavy atom. The molecular weight excluding hydrogens is 218 g/mol. The molecule has 0 unspecified atom stereocenters. The number of hydrogen-bond donors (Lipinski definition) is 1. The monoisotopic (exact) mass is 224 g/mol. The third kappa shape index (κ3) is 1.92. The second-order valence-corrected chi connectivity index (χ2v) is 3.31. The van der Waals surface area contributed by atoms with E-state index in [-0.39, 0.29) is 15.9 Å². The van der Waals surface area contributed by atoms with Crippen LogP contribution >= 0.6 is 12.2 Å². The molecule has 2 nitrogen and oxygen atoms in total. The zero-order chi connectivity index (χ0) is 10.8. The van der Waals surface area contributed by atoms with Crippen molar-refractivity contribution in [3.8, 4) is 11.3 Å². The summed E-state index contributed by atoms with van der Waals surface area (Å²) in [5, 5.41) is 0. The van der Waals surface area contributed by atoms with Gasteiger partial charge in [-0.15, -0.1) is 0 Å². The van der Waals surface area contributed by atoms with Crippen LogP contribution in [-0.4, -0.2) is 9.97 Å². The van der Waals surface area contributed by atoms with Gasteiger partial charge in [-0.25, -0.2) is 13.8 Å². The van der Waals surface area contributed by atoms with Crippen LogP contribution in [0.25, 0.3) is 11.3 Å². The molecule has 0 aliphatic rings. The molecule has 0 bridgehead atoms. The van der Waals surface area contributed by atoms with Gasteiger partial charge in [0.25, 0.3) is 0 Å². The lowest BCUT2D eigenvalue weighted by atomic mass is 10.1. The molecule has 1 N–H and O–H groups in total. The molecule has 0 aliphatic heterocycles. The number of halogens is 2. The fraction of sp³-hybridized carbons (Fsp3) is 0. The molecule has 1 heterocycles. The summed E-state index contributed by atoms with van der Waals surface area (Å²) in [5.41, 5.74) is 0.164. The molecule has 0 atom stereocenters. The highest BCUT2D eigenvalue weighted by Crippen LogP contribution is 2.23. The fourth-order valence-electron chi connectivity index (χ4n) is 1.27. The minimum Gasteiger partial charge on any atom is -0.346 e. The number of aromatic amines is 1. The number of nitrogens with one attached hydrogen (secondary N) is 1. The summed E-state index contributed by atoms with van der Waals surface area (Å²) in [6, 6.07) is 5.10. The predicted molar refractivity (Wildman–Crippen MR) is 54.8 cm³/mol. The molecular formula is C10H6F2N2S. The Hall–Kier alpha value is -1.62. The van der Waals surface area contributed by atoms with Crippen LogP contribution in [0.4, 0.5) is 8.78 Å². The molecule has 0 radical (unpaired) electrons. The molecule has 0 saturated carbocycles. The van der Waals surface area contributed by atoms with Crippen molar-refractivity contribution in [1.29, 1.82) is 0 Å². The van der Waals surface area contributed by atoms with Crippen molar-refractivity contribution in [2.45, 2.75) is 0 Å². The van der Waals surface area contributed by atoms with Gasteiger partial charge in [-0.3, -0.25) is 0 Å². The van der Waals surface area contributed by atoms with E-state index in [1.54, 1.807) is 0 Å². The smallest absolute Gasteiger partial charge is 0.135 e. The van der Waals surface area contributed by atoms with Crippen molar-refractivity contribution in [1.82, 2.24) is 9.97 Å². The van der Waals surface area contributed by atoms with Crippen LogP contribution in [0.5, 0.6) is 0 Å². The molecule has 0 aliphatic carbocycles. The minimum absolute atomic E-state index is 0.119. The number of hydrogen-bond acceptors (Lipinski definition) is 2. The molecule has 0 saturated heterocycles. The van der Waals surface area contributed by atoms with Crippen LogP contribution in [0.3, 0.4) is 0 Å². The summed E-state index contributed by atoms with van der Waals surface area (Å²) in [5.74, 6) is -1.27. The van der Waals surface area contributed by atoms with Crippen molar-refractivity contribution in [3.05, 3.63) is 46.9 Å². The number of rotatable bonds is 1. The Morgan fingerprint density at radius 3 is 2.47 bits per heavy atom. The van der Waals surface area contributed by atoms with Gasteiger partial charge in [0.1, 0.15) is 16.3 Å². The molecule has 5 heteroatoms. The Bertz CT molecular complexity index is 531. The van der Waals surface area contributed by atoms with Crippen molar-refractivity contribution in [3.63, 3.8) is 0 Å². The zero-order valence-electron chi connectivity index (χ0n) is 7.50. The van der Waals surface area contributed by atoms with E-state index in [2.05, 4.69) is 9.97 Å². The summed E-state index contributed by atoms with van der Waals surface area (Å²) < 4.78 is 27.0. The van der Waals surface area contributed by atoms with E-state index in [9.17, 15) is 8.78 Å². The van der Waals surface area contributed by atoms with E-state index in [1.807, 2.05) is 0 Å². The second-order valence-electron chi connectivity index (χ2n) is 2.90. The third-order valence-electron chi connectivity index (χ3n) is 1.91. The quantitative estimate of drug-likeness (QED) is 0.754. The summed E-state index contributed by atoms with van der Waals surface area (Å²) >= 11 is 4.81. The lowest BCUT2D eigenvalue weighted by Gasteiger charge is -2.03. The first-order chi connectivity index (χ1) is 7.18. The highest BCUT2D eigenvalue weighted by atomic mass is 32.1. The maximum absolute atomic E-state index is 13.4. The van der Waals surface area contributed by atoms with Gasteiger partial charge < -0.3 is 4.98 Å². The van der Waals surface area contributed by atoms with Crippen LogP contribution in [0.1, 0.15) is 0 Å². The van der Waals surface area contributed by atoms with Gasteiger partial charge in [-0.2, -0.15) is 0 Å². The highest BCUT2D eigenvalue weighted by Gasteiger charge is 2.10. The Morgan fingerprint density at radius 1 is 1.20 bits per heavy atom. The van der Waals surface area contributed by atoms with Crippen LogP contribution in [0.15, 0.2) is 30.6 Å². The lowest BCUT2D eigenvalue weighted by molar-refractivity contribution is 0.588. The summed E-state index contributed by atoms with van der Waals surface area (Å²) in [4.78, 5) is 6.39. The Balaban J connectivity index is 2.69. The molecule has 15 heavy (non-hydrogen) atoms. The largest absolute Gasteiger partial charge is 0.346 e. The van der Waals surface area contributed by atoms with E-state index >= 15 is 0 Å². The first kappa shape index (κ1) is 9.92. The lowest BCUT2D eigenvalue weighted by Crippen LogP contribution is -1.92. The molecule has 1 aromatic carbocycles. The van der Waals surface area contributed by atoms with Gasteiger partial charge in [0.05, 0.1) is 17.6 Å². The van der Waals surface area contributed by atoms with E-state index in [0.717, 1.165) is 0 Å². The molecule has 1 aromatic heterocycles. The minimum atomic E-state index is -0.633. The van der Waals surface area contributed by atoms with Crippen molar-refractivity contribution in [2.24, 2.45) is 0 Å². The molecule has 2 aromatic rings. The summed E-state index contributed by atoms with van der Waals surface area (Å²) in [7, 11) is 0. The van der Waals surface area contributed by atoms with Gasteiger partial charge in [-0.1, -0.05) is 18.3 Å². The molecule has 0 spiro atoms. The average Bonchev–Trinajstić information content (AvgIpc) is 2.17. The predicted octanol–water partition coefficient (Wildman–Crippen LogP) is 3.08. The van der Waals surface area contributed by atoms with Gasteiger partial charge in [0.2, 0.25) is 0 Å². The second kappa shape index (κ2) is 3.86. The maximum Gasteiger partial charge on any atom is 0.135 e. The Kier molecular flexibility index (Phi) is 2.55. The summed E-state index contributed by atoms with van der Waals surface area (Å²) in [6.45, 7) is 0. The third-order valence-corrected chi connectivity index (χ3v) is 2.14. The maximum atomic E-state index is 13.4. The normalized spacial score (nSPS) is 10.3. The number of aromatic nitrogens is 2. The topological polar surface area (TPSA) is 28.7 Å². The van der Waals surface area contributed by atoms with E-state index in [4.69, 9.17) is 12.2 Å². The number of benzene rings is 1. The van der Waals surface area contributed by atoms with Crippen molar-refractivity contribution < 1.29 is 8.78 Å². The van der Waals surface area contributed by atoms with Crippen molar-refractivity contribution >= 4 is 12.2 Å². The number of nitrogens with zero attached hydrogens (tertiary/aromatic N) is 1. The average molecular weight is 224 g/mol. The molecule has 2 rings (SSSR count). The number of H-pyrrole nitrogens is 1. The molecule has 0 fully saturated rings. The van der Waals surface area contributed by atoms with Crippen LogP contribution in [0, 0.1) is 16.3 Å². The van der Waals surface area contributed by atoms with E-state index < -0.39 is 11.6 Å². The van der Waals surface area contributed by atoms with Crippen molar-refractivity contribution in [2.75, 3.05) is 0 Å². The van der Waals surface area contributed by atoms with Crippen LogP contribution in [0.2, 0.25) is 0 Å². The first-order valence-corrected chi connectivity index (χ1v) is 4.58. The SMILES string of the molecule is Fc1cccc(F)c1-c1cc(=S)nc[nH]1. The zero-order valence-corrected chi connectivity index (χ0v) is 8.31. The molecule has 0 amide bonds. The highest BCUT2D eigenvalue weighted by molar-refractivity contribution is 7.71. The first-order valence-electron chi connectivity index (χ1n) is 4.17. The van der Waals surface area contributed by atoms with Crippen LogP contribution < -0.4 is 0 Å². The summed E-state index contributed by atoms with van der Waals surface area (Å²) in [6.07, 6.45) is 1.31. The van der Waals surface area contributed by atoms with Crippen LogP contribution in [-0.2, 0) is 0 Å². The van der Waals surface area contributed by atoms with Gasteiger partial charge >= 0.3 is 0 Å². The standard InChI is InChI=1S/C10H6F2N2S/c11-6-2-1-3-7(12)10(6)8-4-9(15)14-5-13-8/h1-5H,(H,13,14,15). The van der Waals surface area contributed by atoms with Gasteiger partial charge in [0.15, 0.2) is 0 Å². The Labute approximate surface area is 89.6 Å². The van der Waals surface area contributed by atoms with Gasteiger partial charge in [-0.05, 0) is 18.2 Å². The fourth-order valence-corrected chi connectivity index (χ4v) is 1.44. The molecule has 76 valence electrons.